The second-order valence-electron chi connectivity index (χ2n) is 10.3. The molecule has 0 heterocycles. The molecule has 240 valence electrons. The molecule has 5 rings (SSSR count). The molecule has 0 saturated carbocycles. The second kappa shape index (κ2) is 16.0. The van der Waals surface area contributed by atoms with Crippen molar-refractivity contribution in [3.05, 3.63) is 165 Å². The molecule has 0 radical (unpaired) electrons. The van der Waals surface area contributed by atoms with Gasteiger partial charge in [-0.15, -0.1) is 11.8 Å². The van der Waals surface area contributed by atoms with Gasteiger partial charge in [0.1, 0.15) is 10.9 Å². The largest absolute Gasteiger partial charge is 0.478 e. The van der Waals surface area contributed by atoms with Gasteiger partial charge in [-0.05, 0) is 77.9 Å². The molecule has 0 fully saturated rings. The molecule has 48 heavy (non-hydrogen) atoms. The van der Waals surface area contributed by atoms with Gasteiger partial charge < -0.3 is 21.1 Å². The second-order valence-corrected chi connectivity index (χ2v) is 12.3. The van der Waals surface area contributed by atoms with E-state index in [2.05, 4.69) is 16.0 Å². The van der Waals surface area contributed by atoms with Crippen LogP contribution in [0.1, 0.15) is 37.1 Å². The van der Waals surface area contributed by atoms with E-state index in [1.807, 2.05) is 18.2 Å². The molecule has 1 atom stereocenters. The molecule has 0 aromatic heterocycles. The lowest BCUT2D eigenvalue weighted by Gasteiger charge is -2.18. The van der Waals surface area contributed by atoms with Crippen molar-refractivity contribution in [2.45, 2.75) is 10.1 Å². The van der Waals surface area contributed by atoms with Gasteiger partial charge in [0.25, 0.3) is 11.8 Å². The third kappa shape index (κ3) is 9.13. The average Bonchev–Trinajstić information content (AvgIpc) is 3.08. The Balaban J connectivity index is 1.39. The Morgan fingerprint density at radius 1 is 0.708 bits per heavy atom. The number of anilines is 2. The number of amides is 3. The summed E-state index contributed by atoms with van der Waals surface area (Å²) in [4.78, 5) is 52.4. The molecule has 4 N–H and O–H groups in total. The first-order valence-corrected chi connectivity index (χ1v) is 16.1. The van der Waals surface area contributed by atoms with E-state index >= 15 is 0 Å². The van der Waals surface area contributed by atoms with E-state index < -0.39 is 28.9 Å². The Hall–Kier alpha value is -5.35. The number of aromatic carboxylic acids is 1. The summed E-state index contributed by atoms with van der Waals surface area (Å²) in [6, 6.07) is 35.4. The highest BCUT2D eigenvalue weighted by molar-refractivity contribution is 8.00. The highest BCUT2D eigenvalue weighted by Gasteiger charge is 2.24. The first-order valence-electron chi connectivity index (χ1n) is 14.5. The van der Waals surface area contributed by atoms with Gasteiger partial charge in [0.05, 0.1) is 16.3 Å². The first-order chi connectivity index (χ1) is 23.2. The highest BCUT2D eigenvalue weighted by atomic mass is 35.5. The normalized spacial score (nSPS) is 11.7. The summed E-state index contributed by atoms with van der Waals surface area (Å²) in [5.41, 5.74) is 2.23. The van der Waals surface area contributed by atoms with Crippen LogP contribution < -0.4 is 16.0 Å². The van der Waals surface area contributed by atoms with Gasteiger partial charge >= 0.3 is 5.97 Å². The predicted octanol–water partition coefficient (Wildman–Crippen LogP) is 8.57. The number of hydrogen-bond acceptors (Lipinski definition) is 5. The number of halogens is 2. The number of carboxylic acid groups (broad SMARTS) is 1. The number of carbonyl (C=O) groups is 4. The maximum Gasteiger partial charge on any atom is 0.335 e. The predicted molar refractivity (Wildman–Crippen MR) is 190 cm³/mol. The van der Waals surface area contributed by atoms with Gasteiger partial charge in [-0.1, -0.05) is 89.9 Å². The summed E-state index contributed by atoms with van der Waals surface area (Å²) in [6.45, 7) is 0. The van der Waals surface area contributed by atoms with Gasteiger partial charge in [-0.3, -0.25) is 14.4 Å². The zero-order valence-electron chi connectivity index (χ0n) is 25.0. The number of rotatable bonds is 11. The van der Waals surface area contributed by atoms with Crippen molar-refractivity contribution < 1.29 is 24.3 Å². The number of hydrogen-bond donors (Lipinski definition) is 4. The molecule has 0 saturated heterocycles. The Morgan fingerprint density at radius 3 is 2.12 bits per heavy atom. The molecule has 1 unspecified atom stereocenters. The van der Waals surface area contributed by atoms with Crippen molar-refractivity contribution in [3.63, 3.8) is 0 Å². The molecular weight excluding hydrogens is 669 g/mol. The van der Waals surface area contributed by atoms with Crippen molar-refractivity contribution >= 4 is 76.1 Å². The minimum atomic E-state index is -1.15. The van der Waals surface area contributed by atoms with E-state index in [0.29, 0.717) is 32.3 Å². The van der Waals surface area contributed by atoms with Crippen LogP contribution in [0.2, 0.25) is 10.0 Å². The van der Waals surface area contributed by atoms with Crippen LogP contribution in [-0.2, 0) is 9.59 Å². The molecule has 0 aliphatic rings. The van der Waals surface area contributed by atoms with Crippen LogP contribution in [0.4, 0.5) is 11.4 Å². The van der Waals surface area contributed by atoms with Crippen LogP contribution >= 0.6 is 35.0 Å². The molecule has 0 spiro atoms. The number of carboxylic acids is 1. The number of carbonyl (C=O) groups excluding carboxylic acids is 3. The molecule has 3 amide bonds. The zero-order valence-corrected chi connectivity index (χ0v) is 27.4. The Kier molecular flexibility index (Phi) is 11.3. The van der Waals surface area contributed by atoms with E-state index in [4.69, 9.17) is 23.2 Å². The fourth-order valence-corrected chi connectivity index (χ4v) is 5.99. The van der Waals surface area contributed by atoms with Gasteiger partial charge in [0, 0.05) is 21.2 Å². The van der Waals surface area contributed by atoms with Crippen molar-refractivity contribution in [3.8, 4) is 0 Å². The molecular formula is C37H27Cl2N3O5S. The van der Waals surface area contributed by atoms with Gasteiger partial charge in [-0.2, -0.15) is 0 Å². The summed E-state index contributed by atoms with van der Waals surface area (Å²) in [5.74, 6) is -2.62. The standard InChI is InChI=1S/C37H27Cl2N3O5S/c38-27-14-7-9-23(19-27)20-32(42-34(43)25-12-5-2-6-13-25)35(44)40-28-15-8-16-29(22-28)48-33(24-10-3-1-4-11-24)36(45)41-31-21-26(37(46)47)17-18-30(31)39/h1-22,33H,(H,40,44)(H,41,45)(H,42,43)(H,46,47)/b32-20-. The monoisotopic (exact) mass is 695 g/mol. The number of thioether (sulfide) groups is 1. The van der Waals surface area contributed by atoms with Crippen LogP contribution in [0.5, 0.6) is 0 Å². The van der Waals surface area contributed by atoms with E-state index in [1.165, 1.54) is 36.0 Å². The van der Waals surface area contributed by atoms with Crippen LogP contribution in [0, 0.1) is 0 Å². The lowest BCUT2D eigenvalue weighted by atomic mass is 10.1. The van der Waals surface area contributed by atoms with Crippen molar-refractivity contribution in [1.29, 1.82) is 0 Å². The zero-order chi connectivity index (χ0) is 34.0. The fraction of sp³-hybridized carbons (Fsp3) is 0.0270. The minimum Gasteiger partial charge on any atom is -0.478 e. The maximum atomic E-state index is 13.7. The molecule has 0 bridgehead atoms. The fourth-order valence-electron chi connectivity index (χ4n) is 4.54. The summed E-state index contributed by atoms with van der Waals surface area (Å²) in [7, 11) is 0. The Labute approximate surface area is 290 Å². The van der Waals surface area contributed by atoms with Crippen molar-refractivity contribution in [2.24, 2.45) is 0 Å². The molecule has 11 heteroatoms. The third-order valence-electron chi connectivity index (χ3n) is 6.85. The van der Waals surface area contributed by atoms with E-state index in [9.17, 15) is 24.3 Å². The Bertz CT molecular complexity index is 2010. The lowest BCUT2D eigenvalue weighted by molar-refractivity contribution is -0.116. The summed E-state index contributed by atoms with van der Waals surface area (Å²) in [5, 5.41) is 17.6. The third-order valence-corrected chi connectivity index (χ3v) is 8.66. The van der Waals surface area contributed by atoms with Crippen LogP contribution in [-0.4, -0.2) is 28.8 Å². The van der Waals surface area contributed by atoms with Crippen molar-refractivity contribution in [2.75, 3.05) is 10.6 Å². The van der Waals surface area contributed by atoms with Crippen LogP contribution in [0.25, 0.3) is 6.08 Å². The smallest absolute Gasteiger partial charge is 0.335 e. The maximum absolute atomic E-state index is 13.7. The van der Waals surface area contributed by atoms with E-state index in [0.717, 1.165) is 0 Å². The molecule has 5 aromatic rings. The molecule has 0 aliphatic heterocycles. The molecule has 0 aliphatic carbocycles. The van der Waals surface area contributed by atoms with Gasteiger partial charge in [-0.25, -0.2) is 4.79 Å². The van der Waals surface area contributed by atoms with Crippen LogP contribution in [0.15, 0.2) is 138 Å². The minimum absolute atomic E-state index is 0.00816. The molecule has 5 aromatic carbocycles. The van der Waals surface area contributed by atoms with Gasteiger partial charge in [0.2, 0.25) is 5.91 Å². The van der Waals surface area contributed by atoms with Gasteiger partial charge in [0.15, 0.2) is 0 Å². The number of benzene rings is 5. The summed E-state index contributed by atoms with van der Waals surface area (Å²) >= 11 is 13.7. The van der Waals surface area contributed by atoms with Crippen LogP contribution in [0.3, 0.4) is 0 Å². The van der Waals surface area contributed by atoms with E-state index in [-0.39, 0.29) is 22.0 Å². The molecule has 8 nitrogen and oxygen atoms in total. The Morgan fingerprint density at radius 2 is 1.42 bits per heavy atom. The summed E-state index contributed by atoms with van der Waals surface area (Å²) in [6.07, 6.45) is 1.53. The average molecular weight is 697 g/mol. The SMILES string of the molecule is O=C(Nc1cccc(SC(C(=O)Nc2cc(C(=O)O)ccc2Cl)c2ccccc2)c1)/C(=C/c1cccc(Cl)c1)NC(=O)c1ccccc1. The quantitative estimate of drug-likeness (QED) is 0.0811. The summed E-state index contributed by atoms with van der Waals surface area (Å²) < 4.78 is 0. The van der Waals surface area contributed by atoms with E-state index in [1.54, 1.807) is 91.0 Å². The number of nitrogens with one attached hydrogen (secondary N) is 3. The topological polar surface area (TPSA) is 125 Å². The highest BCUT2D eigenvalue weighted by Crippen LogP contribution is 2.38. The van der Waals surface area contributed by atoms with Crippen molar-refractivity contribution in [1.82, 2.24) is 5.32 Å². The first kappa shape index (κ1) is 34.0. The lowest BCUT2D eigenvalue weighted by Crippen LogP contribution is -2.30.